The second kappa shape index (κ2) is 5.96. The highest BCUT2D eigenvalue weighted by Crippen LogP contribution is 2.29. The number of aromatic nitrogens is 2. The molecule has 0 bridgehead atoms. The van der Waals surface area contributed by atoms with Crippen LogP contribution in [-0.2, 0) is 12.3 Å². The predicted molar refractivity (Wildman–Crippen MR) is 77.7 cm³/mol. The Balaban J connectivity index is 2.07. The summed E-state index contributed by atoms with van der Waals surface area (Å²) in [6.45, 7) is 5.25. The molecule has 0 atom stereocenters. The highest BCUT2D eigenvalue weighted by molar-refractivity contribution is 7.98. The van der Waals surface area contributed by atoms with Crippen LogP contribution in [0.25, 0.3) is 0 Å². The highest BCUT2D eigenvalue weighted by Gasteiger charge is 2.05. The Morgan fingerprint density at radius 2 is 2.22 bits per heavy atom. The Hall–Kier alpha value is -1.42. The van der Waals surface area contributed by atoms with E-state index >= 15 is 0 Å². The van der Waals surface area contributed by atoms with E-state index in [9.17, 15) is 0 Å². The third kappa shape index (κ3) is 2.88. The normalized spacial score (nSPS) is 10.8. The molecule has 2 rings (SSSR count). The number of rotatable bonds is 5. The van der Waals surface area contributed by atoms with Gasteiger partial charge in [0.1, 0.15) is 0 Å². The van der Waals surface area contributed by atoms with E-state index in [1.165, 1.54) is 5.69 Å². The van der Waals surface area contributed by atoms with Crippen molar-refractivity contribution in [3.05, 3.63) is 42.0 Å². The third-order valence-corrected chi connectivity index (χ3v) is 4.03. The number of nitrogens with two attached hydrogens (primary N) is 1. The first kappa shape index (κ1) is 13.0. The van der Waals surface area contributed by atoms with Gasteiger partial charge in [0.2, 0.25) is 0 Å². The van der Waals surface area contributed by atoms with E-state index in [1.807, 2.05) is 25.5 Å². The highest BCUT2D eigenvalue weighted by atomic mass is 32.2. The number of thioether (sulfide) groups is 1. The van der Waals surface area contributed by atoms with Gasteiger partial charge in [0.25, 0.3) is 0 Å². The fraction of sp³-hybridized carbons (Fsp3) is 0.357. The summed E-state index contributed by atoms with van der Waals surface area (Å²) < 4.78 is 2.21. The topological polar surface area (TPSA) is 43.8 Å². The Kier molecular flexibility index (Phi) is 4.31. The van der Waals surface area contributed by atoms with Crippen LogP contribution in [0, 0.1) is 6.92 Å². The molecule has 0 saturated heterocycles. The van der Waals surface area contributed by atoms with Gasteiger partial charge in [0, 0.05) is 34.8 Å². The molecule has 0 radical (unpaired) electrons. The largest absolute Gasteiger partial charge is 0.398 e. The van der Waals surface area contributed by atoms with Crippen LogP contribution in [0.5, 0.6) is 0 Å². The van der Waals surface area contributed by atoms with Gasteiger partial charge >= 0.3 is 0 Å². The first-order chi connectivity index (χ1) is 8.72. The molecule has 2 N–H and O–H groups in total. The number of imidazole rings is 1. The van der Waals surface area contributed by atoms with Crippen molar-refractivity contribution in [3.63, 3.8) is 0 Å². The van der Waals surface area contributed by atoms with Crippen molar-refractivity contribution in [2.45, 2.75) is 37.5 Å². The summed E-state index contributed by atoms with van der Waals surface area (Å²) >= 11 is 1.77. The zero-order valence-corrected chi connectivity index (χ0v) is 11.7. The molecule has 4 heteroatoms. The van der Waals surface area contributed by atoms with E-state index in [-0.39, 0.29) is 0 Å². The van der Waals surface area contributed by atoms with E-state index in [0.29, 0.717) is 0 Å². The van der Waals surface area contributed by atoms with Gasteiger partial charge in [0.15, 0.2) is 0 Å². The van der Waals surface area contributed by atoms with Crippen LogP contribution in [0.1, 0.15) is 24.6 Å². The van der Waals surface area contributed by atoms with Gasteiger partial charge in [0.05, 0.1) is 6.33 Å². The van der Waals surface area contributed by atoms with E-state index in [1.54, 1.807) is 11.8 Å². The van der Waals surface area contributed by atoms with E-state index in [2.05, 4.69) is 28.6 Å². The zero-order valence-electron chi connectivity index (χ0n) is 10.9. The molecule has 2 aromatic rings. The van der Waals surface area contributed by atoms with Gasteiger partial charge < -0.3 is 10.3 Å². The van der Waals surface area contributed by atoms with Crippen LogP contribution in [-0.4, -0.2) is 9.55 Å². The van der Waals surface area contributed by atoms with Crippen LogP contribution < -0.4 is 5.73 Å². The molecule has 0 aliphatic rings. The van der Waals surface area contributed by atoms with Crippen molar-refractivity contribution in [1.29, 1.82) is 0 Å². The summed E-state index contributed by atoms with van der Waals surface area (Å²) in [6.07, 6.45) is 4.97. The number of benzene rings is 1. The quantitative estimate of drug-likeness (QED) is 0.662. The second-order valence-corrected chi connectivity index (χ2v) is 5.37. The maximum Gasteiger partial charge on any atom is 0.0948 e. The average molecular weight is 261 g/mol. The van der Waals surface area contributed by atoms with E-state index in [4.69, 9.17) is 5.73 Å². The summed E-state index contributed by atoms with van der Waals surface area (Å²) in [5.41, 5.74) is 9.36. The van der Waals surface area contributed by atoms with Gasteiger partial charge in [-0.15, -0.1) is 11.8 Å². The van der Waals surface area contributed by atoms with Crippen LogP contribution >= 0.6 is 11.8 Å². The SMILES string of the molecule is CCCn1cncc1CSc1cccc(C)c1N. The summed E-state index contributed by atoms with van der Waals surface area (Å²) in [5.74, 6) is 0.910. The van der Waals surface area contributed by atoms with Crippen molar-refractivity contribution in [3.8, 4) is 0 Å². The van der Waals surface area contributed by atoms with Gasteiger partial charge in [-0.25, -0.2) is 4.98 Å². The fourth-order valence-corrected chi connectivity index (χ4v) is 2.88. The maximum absolute atomic E-state index is 6.08. The zero-order chi connectivity index (χ0) is 13.0. The summed E-state index contributed by atoms with van der Waals surface area (Å²) in [7, 11) is 0. The van der Waals surface area contributed by atoms with Crippen molar-refractivity contribution >= 4 is 17.4 Å². The third-order valence-electron chi connectivity index (χ3n) is 2.92. The Morgan fingerprint density at radius 3 is 3.00 bits per heavy atom. The minimum atomic E-state index is 0.893. The molecule has 3 nitrogen and oxygen atoms in total. The van der Waals surface area contributed by atoms with Gasteiger partial charge in [-0.05, 0) is 25.0 Å². The minimum absolute atomic E-state index is 0.893. The summed E-state index contributed by atoms with van der Waals surface area (Å²) in [6, 6.07) is 6.17. The van der Waals surface area contributed by atoms with Crippen LogP contribution in [0.4, 0.5) is 5.69 Å². The molecule has 18 heavy (non-hydrogen) atoms. The maximum atomic E-state index is 6.08. The molecule has 0 unspecified atom stereocenters. The van der Waals surface area contributed by atoms with Crippen LogP contribution in [0.2, 0.25) is 0 Å². The van der Waals surface area contributed by atoms with Crippen molar-refractivity contribution in [2.75, 3.05) is 5.73 Å². The monoisotopic (exact) mass is 261 g/mol. The molecule has 96 valence electrons. The Labute approximate surface area is 112 Å². The van der Waals surface area contributed by atoms with Crippen molar-refractivity contribution in [1.82, 2.24) is 9.55 Å². The molecule has 0 amide bonds. The number of para-hydroxylation sites is 1. The molecule has 1 aromatic carbocycles. The molecule has 0 fully saturated rings. The smallest absolute Gasteiger partial charge is 0.0948 e. The number of hydrogen-bond donors (Lipinski definition) is 1. The van der Waals surface area contributed by atoms with Gasteiger partial charge in [-0.2, -0.15) is 0 Å². The lowest BCUT2D eigenvalue weighted by molar-refractivity contribution is 0.659. The minimum Gasteiger partial charge on any atom is -0.398 e. The number of nitrogens with zero attached hydrogens (tertiary/aromatic N) is 2. The fourth-order valence-electron chi connectivity index (χ4n) is 1.84. The second-order valence-electron chi connectivity index (χ2n) is 4.35. The average Bonchev–Trinajstić information content (AvgIpc) is 2.79. The lowest BCUT2D eigenvalue weighted by atomic mass is 10.2. The Morgan fingerprint density at radius 1 is 1.39 bits per heavy atom. The van der Waals surface area contributed by atoms with Gasteiger partial charge in [-0.1, -0.05) is 19.1 Å². The standard InChI is InChI=1S/C14H19N3S/c1-3-7-17-10-16-8-12(17)9-18-13-6-4-5-11(2)14(13)15/h4-6,8,10H,3,7,9,15H2,1-2H3. The lowest BCUT2D eigenvalue weighted by Crippen LogP contribution is -2.00. The molecule has 1 aromatic heterocycles. The number of nitrogen functional groups attached to an aromatic ring is 1. The van der Waals surface area contributed by atoms with Crippen molar-refractivity contribution < 1.29 is 0 Å². The molecule has 1 heterocycles. The molecule has 0 aliphatic heterocycles. The number of anilines is 1. The molecule has 0 spiro atoms. The first-order valence-electron chi connectivity index (χ1n) is 6.19. The Bertz CT molecular complexity index is 520. The van der Waals surface area contributed by atoms with Crippen LogP contribution in [0.15, 0.2) is 35.6 Å². The van der Waals surface area contributed by atoms with Gasteiger partial charge in [-0.3, -0.25) is 0 Å². The molecular formula is C14H19N3S. The van der Waals surface area contributed by atoms with E-state index < -0.39 is 0 Å². The first-order valence-corrected chi connectivity index (χ1v) is 7.17. The number of hydrogen-bond acceptors (Lipinski definition) is 3. The molecular weight excluding hydrogens is 242 g/mol. The number of aryl methyl sites for hydroxylation is 2. The van der Waals surface area contributed by atoms with Crippen molar-refractivity contribution in [2.24, 2.45) is 0 Å². The molecule has 0 aliphatic carbocycles. The van der Waals surface area contributed by atoms with Crippen LogP contribution in [0.3, 0.4) is 0 Å². The van der Waals surface area contributed by atoms with E-state index in [0.717, 1.165) is 34.9 Å². The molecule has 0 saturated carbocycles. The predicted octanol–water partition coefficient (Wildman–Crippen LogP) is 3.48. The lowest BCUT2D eigenvalue weighted by Gasteiger charge is -2.09. The summed E-state index contributed by atoms with van der Waals surface area (Å²) in [5, 5.41) is 0. The summed E-state index contributed by atoms with van der Waals surface area (Å²) in [4.78, 5) is 5.36.